The van der Waals surface area contributed by atoms with Gasteiger partial charge in [-0.1, -0.05) is 6.92 Å². The number of likely N-dealkylation sites (N-methyl/N-ethyl adjacent to an activating group) is 1. The van der Waals surface area contributed by atoms with E-state index < -0.39 is 0 Å². The van der Waals surface area contributed by atoms with Gasteiger partial charge in [0.15, 0.2) is 0 Å². The topological polar surface area (TPSA) is 24.5 Å². The molecule has 3 heteroatoms. The Morgan fingerprint density at radius 1 is 1.44 bits per heavy atom. The Morgan fingerprint density at radius 3 is 2.89 bits per heavy atom. The lowest BCUT2D eigenvalue weighted by molar-refractivity contribution is 0.410. The molecule has 0 bridgehead atoms. The molecule has 1 aliphatic rings. The summed E-state index contributed by atoms with van der Waals surface area (Å²) in [5.41, 5.74) is 2.56. The Labute approximate surface area is 110 Å². The Hall–Kier alpha value is -1.22. The van der Waals surface area contributed by atoms with Crippen LogP contribution in [-0.4, -0.2) is 33.3 Å². The molecule has 1 aromatic carbocycles. The van der Waals surface area contributed by atoms with Crippen molar-refractivity contribution in [1.82, 2.24) is 5.32 Å². The van der Waals surface area contributed by atoms with Gasteiger partial charge in [0, 0.05) is 25.3 Å². The lowest BCUT2D eigenvalue weighted by Gasteiger charge is -2.24. The van der Waals surface area contributed by atoms with E-state index in [0.717, 1.165) is 18.7 Å². The number of hydrogen-bond acceptors (Lipinski definition) is 3. The predicted molar refractivity (Wildman–Crippen MR) is 76.7 cm³/mol. The average Bonchev–Trinajstić information content (AvgIpc) is 2.90. The van der Waals surface area contributed by atoms with Crippen molar-refractivity contribution in [2.75, 3.05) is 32.1 Å². The van der Waals surface area contributed by atoms with Gasteiger partial charge in [0.05, 0.1) is 7.11 Å². The van der Waals surface area contributed by atoms with Crippen LogP contribution in [0.4, 0.5) is 5.69 Å². The highest BCUT2D eigenvalue weighted by molar-refractivity contribution is 5.53. The molecule has 1 saturated heterocycles. The summed E-state index contributed by atoms with van der Waals surface area (Å²) in [6, 6.07) is 7.11. The first-order chi connectivity index (χ1) is 8.74. The van der Waals surface area contributed by atoms with Crippen LogP contribution < -0.4 is 15.0 Å². The fourth-order valence-corrected chi connectivity index (χ4v) is 2.63. The summed E-state index contributed by atoms with van der Waals surface area (Å²) in [5.74, 6) is 0.994. The van der Waals surface area contributed by atoms with Gasteiger partial charge < -0.3 is 15.0 Å². The highest BCUT2D eigenvalue weighted by Gasteiger charge is 2.16. The van der Waals surface area contributed by atoms with E-state index >= 15 is 0 Å². The van der Waals surface area contributed by atoms with Gasteiger partial charge in [-0.2, -0.15) is 0 Å². The van der Waals surface area contributed by atoms with Gasteiger partial charge in [-0.05, 0) is 49.6 Å². The molecule has 0 aliphatic carbocycles. The number of nitrogens with zero attached hydrogens (tertiary/aromatic N) is 1. The highest BCUT2D eigenvalue weighted by Crippen LogP contribution is 2.25. The SMILES string of the molecule is CCc1cc(N(C)CC2CCCN2)ccc1OC. The third-order valence-electron chi connectivity index (χ3n) is 3.74. The van der Waals surface area contributed by atoms with E-state index in [9.17, 15) is 0 Å². The molecule has 0 saturated carbocycles. The Bertz CT molecular complexity index is 386. The Kier molecular flexibility index (Phi) is 4.48. The van der Waals surface area contributed by atoms with Crippen molar-refractivity contribution in [3.05, 3.63) is 23.8 Å². The molecule has 0 amide bonds. The van der Waals surface area contributed by atoms with Gasteiger partial charge in [0.2, 0.25) is 0 Å². The molecule has 1 atom stereocenters. The minimum atomic E-state index is 0.641. The number of benzene rings is 1. The average molecular weight is 248 g/mol. The number of rotatable bonds is 5. The standard InChI is InChI=1S/C15H24N2O/c1-4-12-10-14(7-8-15(12)18-3)17(2)11-13-6-5-9-16-13/h7-8,10,13,16H,4-6,9,11H2,1-3H3. The fraction of sp³-hybridized carbons (Fsp3) is 0.600. The summed E-state index contributed by atoms with van der Waals surface area (Å²) in [6.07, 6.45) is 3.61. The molecule has 0 radical (unpaired) electrons. The molecule has 0 aromatic heterocycles. The van der Waals surface area contributed by atoms with Crippen molar-refractivity contribution >= 4 is 5.69 Å². The molecule has 1 heterocycles. The second-order valence-electron chi connectivity index (χ2n) is 5.02. The zero-order valence-corrected chi connectivity index (χ0v) is 11.7. The van der Waals surface area contributed by atoms with Crippen molar-refractivity contribution in [1.29, 1.82) is 0 Å². The third kappa shape index (κ3) is 2.96. The molecule has 1 N–H and O–H groups in total. The number of ether oxygens (including phenoxy) is 1. The fourth-order valence-electron chi connectivity index (χ4n) is 2.63. The van der Waals surface area contributed by atoms with Gasteiger partial charge in [0.1, 0.15) is 5.75 Å². The van der Waals surface area contributed by atoms with Gasteiger partial charge >= 0.3 is 0 Å². The first kappa shape index (κ1) is 13.2. The summed E-state index contributed by atoms with van der Waals surface area (Å²) < 4.78 is 5.37. The predicted octanol–water partition coefficient (Wildman–Crippen LogP) is 2.45. The third-order valence-corrected chi connectivity index (χ3v) is 3.74. The monoisotopic (exact) mass is 248 g/mol. The van der Waals surface area contributed by atoms with Gasteiger partial charge in [-0.25, -0.2) is 0 Å². The number of methoxy groups -OCH3 is 1. The number of aryl methyl sites for hydroxylation is 1. The van der Waals surface area contributed by atoms with Crippen LogP contribution >= 0.6 is 0 Å². The van der Waals surface area contributed by atoms with Gasteiger partial charge in [-0.15, -0.1) is 0 Å². The zero-order chi connectivity index (χ0) is 13.0. The lowest BCUT2D eigenvalue weighted by atomic mass is 10.1. The summed E-state index contributed by atoms with van der Waals surface area (Å²) in [7, 11) is 3.90. The molecule has 100 valence electrons. The van der Waals surface area contributed by atoms with Crippen LogP contribution in [0.1, 0.15) is 25.3 Å². The van der Waals surface area contributed by atoms with E-state index in [1.807, 2.05) is 0 Å². The van der Waals surface area contributed by atoms with Crippen molar-refractivity contribution in [3.63, 3.8) is 0 Å². The van der Waals surface area contributed by atoms with Crippen LogP contribution in [-0.2, 0) is 6.42 Å². The van der Waals surface area contributed by atoms with Crippen LogP contribution in [0, 0.1) is 0 Å². The maximum absolute atomic E-state index is 5.37. The van der Waals surface area contributed by atoms with E-state index in [4.69, 9.17) is 4.74 Å². The van der Waals surface area contributed by atoms with Crippen LogP contribution in [0.15, 0.2) is 18.2 Å². The molecule has 18 heavy (non-hydrogen) atoms. The van der Waals surface area contributed by atoms with Gasteiger partial charge in [0.25, 0.3) is 0 Å². The summed E-state index contributed by atoms with van der Waals surface area (Å²) in [4.78, 5) is 2.33. The molecule has 2 rings (SSSR count). The number of nitrogens with one attached hydrogen (secondary N) is 1. The molecular formula is C15H24N2O. The second-order valence-corrected chi connectivity index (χ2v) is 5.02. The minimum absolute atomic E-state index is 0.641. The number of hydrogen-bond donors (Lipinski definition) is 1. The van der Waals surface area contributed by atoms with Crippen molar-refractivity contribution in [2.24, 2.45) is 0 Å². The van der Waals surface area contributed by atoms with Crippen molar-refractivity contribution in [2.45, 2.75) is 32.2 Å². The van der Waals surface area contributed by atoms with Crippen LogP contribution in [0.3, 0.4) is 0 Å². The highest BCUT2D eigenvalue weighted by atomic mass is 16.5. The Morgan fingerprint density at radius 2 is 2.28 bits per heavy atom. The van der Waals surface area contributed by atoms with E-state index in [1.165, 1.54) is 30.6 Å². The van der Waals surface area contributed by atoms with E-state index in [1.54, 1.807) is 7.11 Å². The van der Waals surface area contributed by atoms with Crippen LogP contribution in [0.2, 0.25) is 0 Å². The smallest absolute Gasteiger partial charge is 0.122 e. The van der Waals surface area contributed by atoms with Crippen LogP contribution in [0.5, 0.6) is 5.75 Å². The molecule has 0 spiro atoms. The maximum Gasteiger partial charge on any atom is 0.122 e. The molecule has 1 fully saturated rings. The maximum atomic E-state index is 5.37. The number of anilines is 1. The van der Waals surface area contributed by atoms with E-state index in [0.29, 0.717) is 6.04 Å². The largest absolute Gasteiger partial charge is 0.496 e. The first-order valence-electron chi connectivity index (χ1n) is 6.86. The lowest BCUT2D eigenvalue weighted by Crippen LogP contribution is -2.35. The minimum Gasteiger partial charge on any atom is -0.496 e. The molecule has 1 unspecified atom stereocenters. The summed E-state index contributed by atoms with van der Waals surface area (Å²) >= 11 is 0. The van der Waals surface area contributed by atoms with Crippen molar-refractivity contribution < 1.29 is 4.74 Å². The van der Waals surface area contributed by atoms with Crippen molar-refractivity contribution in [3.8, 4) is 5.75 Å². The second kappa shape index (κ2) is 6.10. The van der Waals surface area contributed by atoms with E-state index in [2.05, 4.69) is 42.4 Å². The Balaban J connectivity index is 2.06. The molecular weight excluding hydrogens is 224 g/mol. The quantitative estimate of drug-likeness (QED) is 0.866. The zero-order valence-electron chi connectivity index (χ0n) is 11.7. The molecule has 1 aromatic rings. The van der Waals surface area contributed by atoms with Crippen LogP contribution in [0.25, 0.3) is 0 Å². The molecule has 3 nitrogen and oxygen atoms in total. The van der Waals surface area contributed by atoms with Gasteiger partial charge in [-0.3, -0.25) is 0 Å². The molecule has 1 aliphatic heterocycles. The summed E-state index contributed by atoms with van der Waals surface area (Å²) in [6.45, 7) is 4.41. The van der Waals surface area contributed by atoms with E-state index in [-0.39, 0.29) is 0 Å². The first-order valence-corrected chi connectivity index (χ1v) is 6.86. The summed E-state index contributed by atoms with van der Waals surface area (Å²) in [5, 5.41) is 3.54. The normalized spacial score (nSPS) is 18.9.